The molecule has 29 heavy (non-hydrogen) atoms. The molecule has 0 radical (unpaired) electrons. The molecule has 2 heterocycles. The normalized spacial score (nSPS) is 14.8. The van der Waals surface area contributed by atoms with Gasteiger partial charge in [0.1, 0.15) is 11.4 Å². The van der Waals surface area contributed by atoms with Crippen molar-refractivity contribution in [3.63, 3.8) is 0 Å². The van der Waals surface area contributed by atoms with E-state index in [-0.39, 0.29) is 30.0 Å². The van der Waals surface area contributed by atoms with E-state index < -0.39 is 0 Å². The van der Waals surface area contributed by atoms with Crippen molar-refractivity contribution < 1.29 is 9.53 Å². The number of likely N-dealkylation sites (N-methyl/N-ethyl adjacent to an activating group) is 1. The van der Waals surface area contributed by atoms with Crippen molar-refractivity contribution in [3.05, 3.63) is 40.3 Å². The number of rotatable bonds is 8. The number of aromatic amines is 1. The highest BCUT2D eigenvalue weighted by molar-refractivity contribution is 5.76. The number of carbonyl (C=O) groups is 1. The van der Waals surface area contributed by atoms with Crippen LogP contribution < -0.4 is 10.3 Å². The number of aryl methyl sites for hydroxylation is 1. The van der Waals surface area contributed by atoms with Gasteiger partial charge in [-0.1, -0.05) is 13.3 Å². The molecule has 0 aliphatic carbocycles. The van der Waals surface area contributed by atoms with Crippen molar-refractivity contribution in [1.82, 2.24) is 25.0 Å². The Labute approximate surface area is 170 Å². The Morgan fingerprint density at radius 3 is 2.52 bits per heavy atom. The number of aromatic nitrogens is 3. The zero-order chi connectivity index (χ0) is 20.6. The highest BCUT2D eigenvalue weighted by Gasteiger charge is 2.19. The van der Waals surface area contributed by atoms with Crippen LogP contribution in [-0.2, 0) is 11.2 Å². The summed E-state index contributed by atoms with van der Waals surface area (Å²) in [5.74, 6) is 1.25. The summed E-state index contributed by atoms with van der Waals surface area (Å²) in [5.41, 5.74) is 0.748. The van der Waals surface area contributed by atoms with E-state index in [1.54, 1.807) is 0 Å². The lowest BCUT2D eigenvalue weighted by Crippen LogP contribution is -2.47. The minimum Gasteiger partial charge on any atom is -0.494 e. The number of ether oxygens (including phenoxy) is 1. The minimum absolute atomic E-state index is 0.0574. The second-order valence-corrected chi connectivity index (χ2v) is 7.36. The lowest BCUT2D eigenvalue weighted by atomic mass is 10.2. The van der Waals surface area contributed by atoms with Gasteiger partial charge in [-0.3, -0.25) is 9.59 Å². The van der Waals surface area contributed by atoms with Crippen molar-refractivity contribution in [1.29, 1.82) is 0 Å². The quantitative estimate of drug-likeness (QED) is 0.680. The molecule has 0 atom stereocenters. The molecule has 8 nitrogen and oxygen atoms in total. The van der Waals surface area contributed by atoms with Crippen molar-refractivity contribution in [2.45, 2.75) is 32.6 Å². The maximum Gasteiger partial charge on any atom is 0.273 e. The van der Waals surface area contributed by atoms with E-state index in [1.807, 2.05) is 36.2 Å². The first-order chi connectivity index (χ1) is 14.1. The van der Waals surface area contributed by atoms with Crippen LogP contribution >= 0.6 is 0 Å². The molecule has 156 valence electrons. The van der Waals surface area contributed by atoms with Crippen LogP contribution in [-0.4, -0.2) is 70.7 Å². The maximum atomic E-state index is 12.4. The third-order valence-electron chi connectivity index (χ3n) is 5.09. The van der Waals surface area contributed by atoms with Gasteiger partial charge < -0.3 is 19.5 Å². The van der Waals surface area contributed by atoms with Gasteiger partial charge in [0.2, 0.25) is 5.91 Å². The fourth-order valence-electron chi connectivity index (χ4n) is 3.14. The van der Waals surface area contributed by atoms with Crippen molar-refractivity contribution in [3.8, 4) is 17.1 Å². The summed E-state index contributed by atoms with van der Waals surface area (Å²) in [4.78, 5) is 31.5. The topological polar surface area (TPSA) is 91.4 Å². The first kappa shape index (κ1) is 21.0. The largest absolute Gasteiger partial charge is 0.494 e. The van der Waals surface area contributed by atoms with Gasteiger partial charge in [0, 0.05) is 44.6 Å². The molecule has 1 aromatic carbocycles. The molecule has 3 rings (SSSR count). The van der Waals surface area contributed by atoms with Crippen molar-refractivity contribution in [2.24, 2.45) is 0 Å². The van der Waals surface area contributed by atoms with Crippen LogP contribution in [0.15, 0.2) is 29.1 Å². The first-order valence-corrected chi connectivity index (χ1v) is 10.2. The standard InChI is InChI=1S/C21H29N5O3/c1-3-4-15-29-17-7-5-16(6-8-17)20-22-21(28)18(23-24-20)9-10-19(27)26-13-11-25(2)12-14-26/h5-8H,3-4,9-15H2,1-2H3,(H,22,24,28). The molecule has 8 heteroatoms. The summed E-state index contributed by atoms with van der Waals surface area (Å²) in [6, 6.07) is 7.40. The first-order valence-electron chi connectivity index (χ1n) is 10.2. The zero-order valence-electron chi connectivity index (χ0n) is 17.2. The summed E-state index contributed by atoms with van der Waals surface area (Å²) in [6.45, 7) is 6.02. The van der Waals surface area contributed by atoms with Crippen LogP contribution in [0.25, 0.3) is 11.4 Å². The van der Waals surface area contributed by atoms with Gasteiger partial charge in [-0.25, -0.2) is 0 Å². The summed E-state index contributed by atoms with van der Waals surface area (Å²) in [6.07, 6.45) is 2.66. The number of carbonyl (C=O) groups excluding carboxylic acids is 1. The third kappa shape index (κ3) is 5.87. The molecule has 1 aromatic heterocycles. The van der Waals surface area contributed by atoms with Gasteiger partial charge >= 0.3 is 0 Å². The summed E-state index contributed by atoms with van der Waals surface area (Å²) in [5, 5.41) is 8.20. The number of benzene rings is 1. The van der Waals surface area contributed by atoms with E-state index in [1.165, 1.54) is 0 Å². The van der Waals surface area contributed by atoms with E-state index in [0.29, 0.717) is 12.4 Å². The number of amides is 1. The monoisotopic (exact) mass is 399 g/mol. The molecular formula is C21H29N5O3. The van der Waals surface area contributed by atoms with Gasteiger partial charge in [-0.15, -0.1) is 10.2 Å². The second kappa shape index (κ2) is 10.2. The van der Waals surface area contributed by atoms with Crippen LogP contribution in [0, 0.1) is 0 Å². The summed E-state index contributed by atoms with van der Waals surface area (Å²) >= 11 is 0. The fraction of sp³-hybridized carbons (Fsp3) is 0.524. The Balaban J connectivity index is 1.57. The third-order valence-corrected chi connectivity index (χ3v) is 5.09. The second-order valence-electron chi connectivity index (χ2n) is 7.36. The van der Waals surface area contributed by atoms with E-state index in [9.17, 15) is 9.59 Å². The minimum atomic E-state index is -0.301. The highest BCUT2D eigenvalue weighted by Crippen LogP contribution is 2.18. The predicted molar refractivity (Wildman–Crippen MR) is 111 cm³/mol. The Hall–Kier alpha value is -2.74. The number of nitrogens with zero attached hydrogens (tertiary/aromatic N) is 4. The molecule has 1 saturated heterocycles. The molecular weight excluding hydrogens is 370 g/mol. The molecule has 0 bridgehead atoms. The maximum absolute atomic E-state index is 12.4. The van der Waals surface area contributed by atoms with Crippen LogP contribution in [0.4, 0.5) is 0 Å². The van der Waals surface area contributed by atoms with Crippen LogP contribution in [0.2, 0.25) is 0 Å². The van der Waals surface area contributed by atoms with E-state index >= 15 is 0 Å². The molecule has 0 saturated carbocycles. The SMILES string of the molecule is CCCCOc1ccc(-c2nnc(CCC(=O)N3CCN(C)CC3)c(=O)[nH]2)cc1. The Kier molecular flexibility index (Phi) is 7.35. The molecule has 1 fully saturated rings. The molecule has 1 amide bonds. The Morgan fingerprint density at radius 1 is 1.14 bits per heavy atom. The molecule has 2 aromatic rings. The lowest BCUT2D eigenvalue weighted by molar-refractivity contribution is -0.132. The average Bonchev–Trinajstić information content (AvgIpc) is 2.74. The van der Waals surface area contributed by atoms with E-state index in [4.69, 9.17) is 4.74 Å². The number of unbranched alkanes of at least 4 members (excludes halogenated alkanes) is 1. The molecule has 1 N–H and O–H groups in total. The van der Waals surface area contributed by atoms with E-state index in [0.717, 1.165) is 50.3 Å². The number of piperazine rings is 1. The van der Waals surface area contributed by atoms with Crippen molar-refractivity contribution >= 4 is 5.91 Å². The Bertz CT molecular complexity index is 857. The number of hydrogen-bond acceptors (Lipinski definition) is 6. The molecule has 1 aliphatic heterocycles. The average molecular weight is 399 g/mol. The zero-order valence-corrected chi connectivity index (χ0v) is 17.2. The summed E-state index contributed by atoms with van der Waals surface area (Å²) in [7, 11) is 2.05. The van der Waals surface area contributed by atoms with Crippen LogP contribution in [0.1, 0.15) is 31.9 Å². The number of hydrogen-bond donors (Lipinski definition) is 1. The highest BCUT2D eigenvalue weighted by atomic mass is 16.5. The van der Waals surface area contributed by atoms with Gasteiger partial charge in [0.15, 0.2) is 5.82 Å². The van der Waals surface area contributed by atoms with Gasteiger partial charge in [0.25, 0.3) is 5.56 Å². The molecule has 1 aliphatic rings. The smallest absolute Gasteiger partial charge is 0.273 e. The Morgan fingerprint density at radius 2 is 1.86 bits per heavy atom. The van der Waals surface area contributed by atoms with Gasteiger partial charge in [0.05, 0.1) is 6.61 Å². The molecule has 0 spiro atoms. The lowest BCUT2D eigenvalue weighted by Gasteiger charge is -2.32. The van der Waals surface area contributed by atoms with Crippen molar-refractivity contribution in [2.75, 3.05) is 39.8 Å². The summed E-state index contributed by atoms with van der Waals surface area (Å²) < 4.78 is 5.64. The van der Waals surface area contributed by atoms with Gasteiger partial charge in [-0.2, -0.15) is 0 Å². The predicted octanol–water partition coefficient (Wildman–Crippen LogP) is 1.72. The van der Waals surface area contributed by atoms with Crippen LogP contribution in [0.3, 0.4) is 0 Å². The van der Waals surface area contributed by atoms with Crippen LogP contribution in [0.5, 0.6) is 5.75 Å². The fourth-order valence-corrected chi connectivity index (χ4v) is 3.14. The van der Waals surface area contributed by atoms with Gasteiger partial charge in [-0.05, 0) is 37.7 Å². The molecule has 0 unspecified atom stereocenters. The number of nitrogens with one attached hydrogen (secondary N) is 1. The number of H-pyrrole nitrogens is 1. The van der Waals surface area contributed by atoms with E-state index in [2.05, 4.69) is 27.0 Å².